The van der Waals surface area contributed by atoms with Gasteiger partial charge in [-0.2, -0.15) is 5.10 Å². The van der Waals surface area contributed by atoms with Gasteiger partial charge in [0.2, 0.25) is 11.8 Å². The van der Waals surface area contributed by atoms with E-state index in [1.165, 1.54) is 4.90 Å². The van der Waals surface area contributed by atoms with Gasteiger partial charge in [-0.3, -0.25) is 9.59 Å². The highest BCUT2D eigenvalue weighted by molar-refractivity contribution is 6.00. The molecule has 1 unspecified atom stereocenters. The number of anilines is 1. The molecule has 0 bridgehead atoms. The van der Waals surface area contributed by atoms with Gasteiger partial charge in [-0.05, 0) is 38.1 Å². The molecule has 32 heavy (non-hydrogen) atoms. The molecule has 2 heterocycles. The standard InChI is InChI=1S/C24H24F2N4O2/c1-15-22(16(2)30(27-15)20-7-5-4-6-8-20)14-28(3)24(32)17-9-23(31)29(13-17)21-11-18(25)10-19(26)12-21/h4-8,10-12,17H,9,13-14H2,1-3H3. The summed E-state index contributed by atoms with van der Waals surface area (Å²) in [5, 5.41) is 4.62. The summed E-state index contributed by atoms with van der Waals surface area (Å²) in [7, 11) is 1.69. The molecule has 0 saturated carbocycles. The number of carbonyl (C=O) groups excluding carboxylic acids is 2. The molecule has 8 heteroatoms. The van der Waals surface area contributed by atoms with Crippen molar-refractivity contribution in [3.05, 3.63) is 77.1 Å². The first-order valence-electron chi connectivity index (χ1n) is 10.4. The fourth-order valence-corrected chi connectivity index (χ4v) is 4.17. The van der Waals surface area contributed by atoms with Crippen LogP contribution in [0, 0.1) is 31.4 Å². The van der Waals surface area contributed by atoms with Crippen LogP contribution >= 0.6 is 0 Å². The van der Waals surface area contributed by atoms with Gasteiger partial charge in [-0.25, -0.2) is 13.5 Å². The predicted octanol–water partition coefficient (Wildman–Crippen LogP) is 3.78. The molecule has 2 amide bonds. The number of halogens is 2. The number of carbonyl (C=O) groups is 2. The minimum Gasteiger partial charge on any atom is -0.341 e. The molecule has 1 fully saturated rings. The molecule has 0 radical (unpaired) electrons. The molecule has 0 spiro atoms. The van der Waals surface area contributed by atoms with E-state index in [0.717, 1.165) is 40.8 Å². The van der Waals surface area contributed by atoms with Crippen LogP contribution in [0.25, 0.3) is 5.69 Å². The minimum absolute atomic E-state index is 0.00253. The van der Waals surface area contributed by atoms with E-state index in [-0.39, 0.29) is 30.5 Å². The number of aromatic nitrogens is 2. The second-order valence-corrected chi connectivity index (χ2v) is 8.12. The Kier molecular flexibility index (Phi) is 5.78. The van der Waals surface area contributed by atoms with E-state index in [9.17, 15) is 18.4 Å². The Morgan fingerprint density at radius 3 is 2.41 bits per heavy atom. The van der Waals surface area contributed by atoms with Crippen LogP contribution in [0.5, 0.6) is 0 Å². The molecule has 1 aliphatic heterocycles. The maximum absolute atomic E-state index is 13.6. The lowest BCUT2D eigenvalue weighted by molar-refractivity contribution is -0.135. The second-order valence-electron chi connectivity index (χ2n) is 8.12. The highest BCUT2D eigenvalue weighted by Crippen LogP contribution is 2.28. The third-order valence-corrected chi connectivity index (χ3v) is 5.85. The van der Waals surface area contributed by atoms with E-state index in [0.29, 0.717) is 6.54 Å². The predicted molar refractivity (Wildman–Crippen MR) is 116 cm³/mol. The van der Waals surface area contributed by atoms with Gasteiger partial charge < -0.3 is 9.80 Å². The molecule has 166 valence electrons. The summed E-state index contributed by atoms with van der Waals surface area (Å²) in [5.74, 6) is -2.62. The molecule has 1 atom stereocenters. The van der Waals surface area contributed by atoms with E-state index in [1.807, 2.05) is 48.9 Å². The van der Waals surface area contributed by atoms with E-state index in [1.54, 1.807) is 11.9 Å². The second kappa shape index (κ2) is 8.53. The van der Waals surface area contributed by atoms with Gasteiger partial charge in [-0.1, -0.05) is 18.2 Å². The molecule has 1 saturated heterocycles. The number of hydrogen-bond donors (Lipinski definition) is 0. The van der Waals surface area contributed by atoms with Gasteiger partial charge >= 0.3 is 0 Å². The van der Waals surface area contributed by atoms with Crippen molar-refractivity contribution in [1.29, 1.82) is 0 Å². The van der Waals surface area contributed by atoms with Gasteiger partial charge in [0.1, 0.15) is 11.6 Å². The Labute approximate surface area is 185 Å². The summed E-state index contributed by atoms with van der Waals surface area (Å²) in [6, 6.07) is 12.7. The van der Waals surface area contributed by atoms with Crippen LogP contribution in [-0.2, 0) is 16.1 Å². The van der Waals surface area contributed by atoms with Crippen molar-refractivity contribution in [2.45, 2.75) is 26.8 Å². The molecular formula is C24H24F2N4O2. The summed E-state index contributed by atoms with van der Waals surface area (Å²) in [5.41, 5.74) is 3.77. The first kappa shape index (κ1) is 21.7. The third kappa shape index (κ3) is 4.12. The number of nitrogens with zero attached hydrogens (tertiary/aromatic N) is 4. The molecule has 1 aliphatic rings. The SMILES string of the molecule is Cc1nn(-c2ccccc2)c(C)c1CN(C)C(=O)C1CC(=O)N(c2cc(F)cc(F)c2)C1. The quantitative estimate of drug-likeness (QED) is 0.609. The Morgan fingerprint density at radius 2 is 1.75 bits per heavy atom. The van der Waals surface area contributed by atoms with Crippen molar-refractivity contribution in [2.24, 2.45) is 5.92 Å². The van der Waals surface area contributed by atoms with Crippen LogP contribution < -0.4 is 4.90 Å². The van der Waals surface area contributed by atoms with E-state index in [4.69, 9.17) is 0 Å². The number of para-hydroxylation sites is 1. The fraction of sp³-hybridized carbons (Fsp3) is 0.292. The molecule has 3 aromatic rings. The van der Waals surface area contributed by atoms with Gasteiger partial charge in [0.25, 0.3) is 0 Å². The normalized spacial score (nSPS) is 16.0. The summed E-state index contributed by atoms with van der Waals surface area (Å²) < 4.78 is 29.0. The van der Waals surface area contributed by atoms with Gasteiger partial charge in [0.15, 0.2) is 0 Å². The Balaban J connectivity index is 1.49. The molecule has 0 N–H and O–H groups in total. The first-order valence-corrected chi connectivity index (χ1v) is 10.4. The Morgan fingerprint density at radius 1 is 1.09 bits per heavy atom. The maximum atomic E-state index is 13.6. The topological polar surface area (TPSA) is 58.4 Å². The lowest BCUT2D eigenvalue weighted by Crippen LogP contribution is -2.34. The number of hydrogen-bond acceptors (Lipinski definition) is 3. The summed E-state index contributed by atoms with van der Waals surface area (Å²) in [4.78, 5) is 28.4. The van der Waals surface area contributed by atoms with Gasteiger partial charge in [0.05, 0.1) is 17.3 Å². The van der Waals surface area contributed by atoms with Crippen molar-refractivity contribution in [3.8, 4) is 5.69 Å². The molecular weight excluding hydrogens is 414 g/mol. The zero-order valence-corrected chi connectivity index (χ0v) is 18.2. The molecule has 6 nitrogen and oxygen atoms in total. The Hall–Kier alpha value is -3.55. The van der Waals surface area contributed by atoms with Crippen LogP contribution in [0.4, 0.5) is 14.5 Å². The molecule has 0 aliphatic carbocycles. The van der Waals surface area contributed by atoms with Gasteiger partial charge in [0, 0.05) is 49.6 Å². The van der Waals surface area contributed by atoms with Crippen molar-refractivity contribution in [3.63, 3.8) is 0 Å². The fourth-order valence-electron chi connectivity index (χ4n) is 4.17. The number of aryl methyl sites for hydroxylation is 1. The van der Waals surface area contributed by atoms with Crippen molar-refractivity contribution in [1.82, 2.24) is 14.7 Å². The van der Waals surface area contributed by atoms with Crippen molar-refractivity contribution >= 4 is 17.5 Å². The number of benzene rings is 2. The Bertz CT molecular complexity index is 1160. The highest BCUT2D eigenvalue weighted by atomic mass is 19.1. The zero-order chi connectivity index (χ0) is 23.0. The monoisotopic (exact) mass is 438 g/mol. The summed E-state index contributed by atoms with van der Waals surface area (Å²) in [6.07, 6.45) is 0.00253. The average molecular weight is 438 g/mol. The molecule has 1 aromatic heterocycles. The van der Waals surface area contributed by atoms with Crippen LogP contribution in [-0.4, -0.2) is 40.1 Å². The number of rotatable bonds is 5. The number of amides is 2. The lowest BCUT2D eigenvalue weighted by atomic mass is 10.1. The minimum atomic E-state index is -0.763. The first-order chi connectivity index (χ1) is 15.2. The lowest BCUT2D eigenvalue weighted by Gasteiger charge is -2.22. The van der Waals surface area contributed by atoms with Crippen LogP contribution in [0.2, 0.25) is 0 Å². The highest BCUT2D eigenvalue weighted by Gasteiger charge is 2.37. The summed E-state index contributed by atoms with van der Waals surface area (Å²) in [6.45, 7) is 4.30. The third-order valence-electron chi connectivity index (χ3n) is 5.85. The van der Waals surface area contributed by atoms with Gasteiger partial charge in [-0.15, -0.1) is 0 Å². The van der Waals surface area contributed by atoms with Crippen LogP contribution in [0.1, 0.15) is 23.4 Å². The van der Waals surface area contributed by atoms with Crippen molar-refractivity contribution < 1.29 is 18.4 Å². The van der Waals surface area contributed by atoms with E-state index in [2.05, 4.69) is 5.10 Å². The maximum Gasteiger partial charge on any atom is 0.228 e. The summed E-state index contributed by atoms with van der Waals surface area (Å²) >= 11 is 0. The van der Waals surface area contributed by atoms with Crippen LogP contribution in [0.3, 0.4) is 0 Å². The van der Waals surface area contributed by atoms with E-state index < -0.39 is 17.6 Å². The molecule has 4 rings (SSSR count). The average Bonchev–Trinajstić information content (AvgIpc) is 3.28. The largest absolute Gasteiger partial charge is 0.341 e. The molecule has 2 aromatic carbocycles. The van der Waals surface area contributed by atoms with E-state index >= 15 is 0 Å². The zero-order valence-electron chi connectivity index (χ0n) is 18.2. The van der Waals surface area contributed by atoms with Crippen molar-refractivity contribution in [2.75, 3.05) is 18.5 Å². The van der Waals surface area contributed by atoms with Crippen LogP contribution in [0.15, 0.2) is 48.5 Å². The smallest absolute Gasteiger partial charge is 0.228 e.